The van der Waals surface area contributed by atoms with E-state index in [2.05, 4.69) is 0 Å². The summed E-state index contributed by atoms with van der Waals surface area (Å²) in [5.74, 6) is -0.201. The van der Waals surface area contributed by atoms with Crippen molar-refractivity contribution in [2.45, 2.75) is 18.4 Å². The van der Waals surface area contributed by atoms with E-state index in [-0.39, 0.29) is 23.2 Å². The van der Waals surface area contributed by atoms with Gasteiger partial charge in [0.2, 0.25) is 11.6 Å². The van der Waals surface area contributed by atoms with Crippen molar-refractivity contribution in [3.8, 4) is 0 Å². The van der Waals surface area contributed by atoms with Gasteiger partial charge in [-0.05, 0) is 18.1 Å². The molecule has 0 bridgehead atoms. The summed E-state index contributed by atoms with van der Waals surface area (Å²) in [5.41, 5.74) is 2.17. The molecule has 0 unspecified atom stereocenters. The van der Waals surface area contributed by atoms with Crippen LogP contribution in [0.3, 0.4) is 0 Å². The Hall–Kier alpha value is -3.46. The molecule has 4 rings (SSSR count). The van der Waals surface area contributed by atoms with E-state index < -0.39 is 6.10 Å². The van der Waals surface area contributed by atoms with Gasteiger partial charge < -0.3 is 4.74 Å². The van der Waals surface area contributed by atoms with Gasteiger partial charge >= 0.3 is 0 Å². The number of hydrogen-bond donors (Lipinski definition) is 0. The second-order valence-electron chi connectivity index (χ2n) is 6.79. The molecular formula is C25H20O3. The minimum Gasteiger partial charge on any atom is -0.478 e. The molecule has 2 atom stereocenters. The molecule has 0 aromatic heterocycles. The quantitative estimate of drug-likeness (QED) is 0.581. The fourth-order valence-electron chi connectivity index (χ4n) is 3.52. The zero-order valence-electron chi connectivity index (χ0n) is 15.3. The van der Waals surface area contributed by atoms with Gasteiger partial charge in [-0.15, -0.1) is 0 Å². The van der Waals surface area contributed by atoms with E-state index in [1.807, 2.05) is 72.8 Å². The summed E-state index contributed by atoms with van der Waals surface area (Å²) in [6.45, 7) is 0. The Morgan fingerprint density at radius 1 is 0.714 bits per heavy atom. The van der Waals surface area contributed by atoms with Crippen LogP contribution in [0.2, 0.25) is 0 Å². The molecule has 3 aromatic rings. The second-order valence-corrected chi connectivity index (χ2v) is 6.79. The number of benzene rings is 3. The molecule has 1 heterocycles. The van der Waals surface area contributed by atoms with Gasteiger partial charge in [0.25, 0.3) is 0 Å². The van der Waals surface area contributed by atoms with Crippen molar-refractivity contribution in [3.63, 3.8) is 0 Å². The van der Waals surface area contributed by atoms with Crippen LogP contribution in [0.5, 0.6) is 0 Å². The van der Waals surface area contributed by atoms with Crippen molar-refractivity contribution < 1.29 is 14.3 Å². The SMILES string of the molecule is O=C(C1=CC[C@@H](c2ccccc2)[C@H](C(=O)c2ccccc2)O1)c1ccccc1. The highest BCUT2D eigenvalue weighted by Gasteiger charge is 2.36. The van der Waals surface area contributed by atoms with Crippen LogP contribution in [0, 0.1) is 0 Å². The minimum absolute atomic E-state index is 0.110. The smallest absolute Gasteiger partial charge is 0.227 e. The normalized spacial score (nSPS) is 18.6. The molecule has 0 amide bonds. The molecule has 0 saturated carbocycles. The van der Waals surface area contributed by atoms with Gasteiger partial charge in [-0.3, -0.25) is 9.59 Å². The van der Waals surface area contributed by atoms with E-state index in [9.17, 15) is 9.59 Å². The van der Waals surface area contributed by atoms with Crippen molar-refractivity contribution in [2.75, 3.05) is 0 Å². The molecule has 1 aliphatic rings. The van der Waals surface area contributed by atoms with Crippen LogP contribution in [0.25, 0.3) is 0 Å². The first-order valence-corrected chi connectivity index (χ1v) is 9.35. The van der Waals surface area contributed by atoms with Gasteiger partial charge in [-0.25, -0.2) is 0 Å². The molecule has 0 N–H and O–H groups in total. The lowest BCUT2D eigenvalue weighted by Crippen LogP contribution is -2.35. The van der Waals surface area contributed by atoms with Crippen LogP contribution in [-0.4, -0.2) is 17.7 Å². The molecule has 3 aromatic carbocycles. The van der Waals surface area contributed by atoms with E-state index in [0.29, 0.717) is 17.5 Å². The number of Topliss-reactive ketones (excluding diaryl/α,β-unsaturated/α-hetero) is 2. The zero-order valence-corrected chi connectivity index (χ0v) is 15.3. The zero-order chi connectivity index (χ0) is 19.3. The summed E-state index contributed by atoms with van der Waals surface area (Å²) < 4.78 is 6.05. The summed E-state index contributed by atoms with van der Waals surface area (Å²) in [6, 6.07) is 27.9. The van der Waals surface area contributed by atoms with Crippen LogP contribution in [0.4, 0.5) is 0 Å². The van der Waals surface area contributed by atoms with Gasteiger partial charge in [0, 0.05) is 17.0 Å². The number of rotatable bonds is 5. The molecule has 0 fully saturated rings. The highest BCUT2D eigenvalue weighted by molar-refractivity contribution is 6.08. The second kappa shape index (κ2) is 8.05. The van der Waals surface area contributed by atoms with Gasteiger partial charge in [0.1, 0.15) is 0 Å². The van der Waals surface area contributed by atoms with E-state index in [4.69, 9.17) is 4.74 Å². The summed E-state index contributed by atoms with van der Waals surface area (Å²) in [6.07, 6.45) is 1.64. The molecular weight excluding hydrogens is 348 g/mol. The summed E-state index contributed by atoms with van der Waals surface area (Å²) in [5, 5.41) is 0. The molecule has 0 radical (unpaired) electrons. The maximum absolute atomic E-state index is 13.2. The standard InChI is InChI=1S/C25H20O3/c26-23(19-12-6-2-7-13-19)22-17-16-21(18-10-4-1-5-11-18)25(28-22)24(27)20-14-8-3-9-15-20/h1-15,17,21,25H,16H2/t21-,25+/m0/s1. The van der Waals surface area contributed by atoms with Gasteiger partial charge in [-0.1, -0.05) is 91.0 Å². The number of hydrogen-bond acceptors (Lipinski definition) is 3. The third kappa shape index (κ3) is 3.65. The molecule has 1 aliphatic heterocycles. The number of carbonyl (C=O) groups is 2. The van der Waals surface area contributed by atoms with Gasteiger partial charge in [0.05, 0.1) is 0 Å². The third-order valence-electron chi connectivity index (χ3n) is 4.98. The van der Waals surface area contributed by atoms with E-state index in [1.165, 1.54) is 0 Å². The Kier molecular flexibility index (Phi) is 5.16. The maximum Gasteiger partial charge on any atom is 0.227 e. The van der Waals surface area contributed by atoms with E-state index >= 15 is 0 Å². The van der Waals surface area contributed by atoms with Crippen LogP contribution in [-0.2, 0) is 4.74 Å². The number of ketones is 2. The Morgan fingerprint density at radius 2 is 1.25 bits per heavy atom. The fourth-order valence-corrected chi connectivity index (χ4v) is 3.52. The van der Waals surface area contributed by atoms with Crippen molar-refractivity contribution in [1.82, 2.24) is 0 Å². The predicted octanol–water partition coefficient (Wildman–Crippen LogP) is 5.21. The monoisotopic (exact) mass is 368 g/mol. The topological polar surface area (TPSA) is 43.4 Å². The molecule has 138 valence electrons. The van der Waals surface area contributed by atoms with Crippen LogP contribution in [0.1, 0.15) is 38.6 Å². The van der Waals surface area contributed by atoms with Crippen molar-refractivity contribution >= 4 is 11.6 Å². The maximum atomic E-state index is 13.2. The van der Waals surface area contributed by atoms with Crippen molar-refractivity contribution in [2.24, 2.45) is 0 Å². The molecule has 0 saturated heterocycles. The first-order chi connectivity index (χ1) is 13.7. The first-order valence-electron chi connectivity index (χ1n) is 9.35. The van der Waals surface area contributed by atoms with Crippen molar-refractivity contribution in [3.05, 3.63) is 120 Å². The third-order valence-corrected chi connectivity index (χ3v) is 4.98. The number of allylic oxidation sites excluding steroid dienone is 2. The lowest BCUT2D eigenvalue weighted by Gasteiger charge is -2.31. The molecule has 0 spiro atoms. The average molecular weight is 368 g/mol. The number of carbonyl (C=O) groups excluding carboxylic acids is 2. The van der Waals surface area contributed by atoms with Crippen LogP contribution >= 0.6 is 0 Å². The highest BCUT2D eigenvalue weighted by atomic mass is 16.5. The highest BCUT2D eigenvalue weighted by Crippen LogP contribution is 2.34. The van der Waals surface area contributed by atoms with E-state index in [1.54, 1.807) is 24.3 Å². The van der Waals surface area contributed by atoms with E-state index in [0.717, 1.165) is 5.56 Å². The average Bonchev–Trinajstić information content (AvgIpc) is 2.79. The van der Waals surface area contributed by atoms with Crippen LogP contribution < -0.4 is 0 Å². The minimum atomic E-state index is -0.738. The summed E-state index contributed by atoms with van der Waals surface area (Å²) in [4.78, 5) is 26.1. The fraction of sp³-hybridized carbons (Fsp3) is 0.120. The van der Waals surface area contributed by atoms with Crippen molar-refractivity contribution in [1.29, 1.82) is 0 Å². The van der Waals surface area contributed by atoms with Gasteiger partial charge in [-0.2, -0.15) is 0 Å². The lowest BCUT2D eigenvalue weighted by atomic mass is 9.84. The first kappa shape index (κ1) is 17.9. The Bertz CT molecular complexity index is 992. The van der Waals surface area contributed by atoms with Gasteiger partial charge in [0.15, 0.2) is 11.9 Å². The Balaban J connectivity index is 1.68. The van der Waals surface area contributed by atoms with Crippen LogP contribution in [0.15, 0.2) is 103 Å². The molecule has 3 heteroatoms. The molecule has 28 heavy (non-hydrogen) atoms. The lowest BCUT2D eigenvalue weighted by molar-refractivity contribution is 0.0472. The Morgan fingerprint density at radius 3 is 1.86 bits per heavy atom. The molecule has 3 nitrogen and oxygen atoms in total. The predicted molar refractivity (Wildman–Crippen MR) is 108 cm³/mol. The number of ether oxygens (including phenoxy) is 1. The largest absolute Gasteiger partial charge is 0.478 e. The molecule has 0 aliphatic carbocycles. The Labute approximate surface area is 164 Å². The summed E-state index contributed by atoms with van der Waals surface area (Å²) >= 11 is 0. The summed E-state index contributed by atoms with van der Waals surface area (Å²) in [7, 11) is 0.